The predicted octanol–water partition coefficient (Wildman–Crippen LogP) is 2.33. The number of nitrogens with one attached hydrogen (secondary N) is 1. The van der Waals surface area contributed by atoms with Crippen LogP contribution in [0.3, 0.4) is 0 Å². The topological polar surface area (TPSA) is 79.4 Å². The molecule has 1 amide bonds. The number of sulfone groups is 1. The average Bonchev–Trinajstić information content (AvgIpc) is 3.00. The van der Waals surface area contributed by atoms with Gasteiger partial charge in [-0.15, -0.1) is 0 Å². The highest BCUT2D eigenvalue weighted by Crippen LogP contribution is 2.24. The van der Waals surface area contributed by atoms with Gasteiger partial charge < -0.3 is 10.2 Å². The number of anilines is 1. The van der Waals surface area contributed by atoms with Gasteiger partial charge in [0.2, 0.25) is 0 Å². The first kappa shape index (κ1) is 19.4. The Kier molecular flexibility index (Phi) is 5.79. The number of amides is 1. The van der Waals surface area contributed by atoms with Gasteiger partial charge in [-0.1, -0.05) is 29.8 Å². The normalized spacial score (nSPS) is 18.2. The van der Waals surface area contributed by atoms with Crippen LogP contribution in [0.15, 0.2) is 42.6 Å². The molecule has 1 aliphatic heterocycles. The minimum Gasteiger partial charge on any atom is -0.368 e. The third-order valence-electron chi connectivity index (χ3n) is 4.83. The van der Waals surface area contributed by atoms with Crippen molar-refractivity contribution in [1.29, 1.82) is 0 Å². The molecular weight excluding hydrogens is 362 g/mol. The van der Waals surface area contributed by atoms with E-state index >= 15 is 0 Å². The van der Waals surface area contributed by atoms with Gasteiger partial charge in [-0.25, -0.2) is 8.42 Å². The smallest absolute Gasteiger partial charge is 0.270 e. The molecule has 3 rings (SSSR count). The Bertz CT molecular complexity index is 928. The van der Waals surface area contributed by atoms with Crippen LogP contribution in [0.1, 0.15) is 35.0 Å². The lowest BCUT2D eigenvalue weighted by Gasteiger charge is -2.29. The Morgan fingerprint density at radius 2 is 2.11 bits per heavy atom. The maximum absolute atomic E-state index is 12.5. The summed E-state index contributed by atoms with van der Waals surface area (Å²) in [5.41, 5.74) is 3.34. The summed E-state index contributed by atoms with van der Waals surface area (Å²) in [6.07, 6.45) is 2.22. The summed E-state index contributed by atoms with van der Waals surface area (Å²) in [6, 6.07) is 11.5. The number of rotatable bonds is 6. The van der Waals surface area contributed by atoms with Gasteiger partial charge in [-0.3, -0.25) is 9.78 Å². The van der Waals surface area contributed by atoms with Crippen molar-refractivity contribution in [2.75, 3.05) is 23.0 Å². The predicted molar refractivity (Wildman–Crippen MR) is 107 cm³/mol. The Labute approximate surface area is 160 Å². The Hall–Kier alpha value is -2.41. The van der Waals surface area contributed by atoms with Gasteiger partial charge in [0.1, 0.15) is 5.69 Å². The lowest BCUT2D eigenvalue weighted by atomic mass is 10.1. The first-order chi connectivity index (χ1) is 12.9. The van der Waals surface area contributed by atoms with E-state index in [1.807, 2.05) is 49.1 Å². The number of aryl methyl sites for hydroxylation is 1. The fourth-order valence-corrected chi connectivity index (χ4v) is 5.22. The van der Waals surface area contributed by atoms with Gasteiger partial charge in [0.15, 0.2) is 9.84 Å². The number of benzene rings is 1. The van der Waals surface area contributed by atoms with Gasteiger partial charge in [-0.05, 0) is 38.0 Å². The molecule has 1 fully saturated rings. The summed E-state index contributed by atoms with van der Waals surface area (Å²) in [5.74, 6) is 0.148. The largest absolute Gasteiger partial charge is 0.368 e. The molecule has 27 heavy (non-hydrogen) atoms. The second-order valence-electron chi connectivity index (χ2n) is 6.91. The summed E-state index contributed by atoms with van der Waals surface area (Å²) < 4.78 is 23.6. The molecule has 1 aliphatic rings. The highest BCUT2D eigenvalue weighted by Gasteiger charge is 2.32. The minimum atomic E-state index is -2.96. The zero-order valence-corrected chi connectivity index (χ0v) is 16.5. The van der Waals surface area contributed by atoms with Crippen LogP contribution in [-0.4, -0.2) is 43.4 Å². The molecule has 0 aliphatic carbocycles. The van der Waals surface area contributed by atoms with E-state index in [1.54, 1.807) is 12.3 Å². The van der Waals surface area contributed by atoms with Crippen LogP contribution >= 0.6 is 0 Å². The molecule has 0 saturated carbocycles. The van der Waals surface area contributed by atoms with Crippen molar-refractivity contribution in [2.45, 2.75) is 32.9 Å². The summed E-state index contributed by atoms with van der Waals surface area (Å²) in [6.45, 7) is 5.11. The van der Waals surface area contributed by atoms with Crippen molar-refractivity contribution in [3.8, 4) is 0 Å². The van der Waals surface area contributed by atoms with Crippen LogP contribution < -0.4 is 10.2 Å². The van der Waals surface area contributed by atoms with E-state index in [9.17, 15) is 13.2 Å². The molecule has 0 spiro atoms. The maximum Gasteiger partial charge on any atom is 0.270 e. The zero-order chi connectivity index (χ0) is 19.4. The van der Waals surface area contributed by atoms with Crippen LogP contribution in [0.2, 0.25) is 0 Å². The Balaban J connectivity index is 1.71. The lowest BCUT2D eigenvalue weighted by molar-refractivity contribution is 0.0946. The lowest BCUT2D eigenvalue weighted by Crippen LogP contribution is -2.36. The van der Waals surface area contributed by atoms with Crippen molar-refractivity contribution >= 4 is 21.4 Å². The molecule has 1 N–H and O–H groups in total. The van der Waals surface area contributed by atoms with Crippen molar-refractivity contribution in [3.63, 3.8) is 0 Å². The second-order valence-corrected chi connectivity index (χ2v) is 9.14. The molecule has 1 atom stereocenters. The molecular formula is C20H25N3O3S. The summed E-state index contributed by atoms with van der Waals surface area (Å²) >= 11 is 0. The quantitative estimate of drug-likeness (QED) is 0.823. The summed E-state index contributed by atoms with van der Waals surface area (Å²) in [4.78, 5) is 18.7. The van der Waals surface area contributed by atoms with Gasteiger partial charge in [0, 0.05) is 31.0 Å². The molecule has 0 bridgehead atoms. The summed E-state index contributed by atoms with van der Waals surface area (Å²) in [5, 5.41) is 2.89. The van der Waals surface area contributed by atoms with Gasteiger partial charge in [0.25, 0.3) is 5.91 Å². The van der Waals surface area contributed by atoms with Crippen LogP contribution in [0.25, 0.3) is 0 Å². The molecule has 1 aromatic carbocycles. The molecule has 144 valence electrons. The van der Waals surface area contributed by atoms with Crippen LogP contribution in [0, 0.1) is 6.92 Å². The third kappa shape index (κ3) is 4.86. The zero-order valence-electron chi connectivity index (χ0n) is 15.7. The molecule has 2 aromatic rings. The highest BCUT2D eigenvalue weighted by atomic mass is 32.2. The van der Waals surface area contributed by atoms with Crippen LogP contribution in [0.4, 0.5) is 5.69 Å². The standard InChI is InChI=1S/C20H25N3O3S/c1-3-23(18-8-10-27(25,26)14-18)17-7-9-21-19(12-17)20(24)22-13-16-6-4-5-15(2)11-16/h4-7,9,11-12,18H,3,8,10,13-14H2,1-2H3,(H,22,24). The fraction of sp³-hybridized carbons (Fsp3) is 0.400. The number of hydrogen-bond acceptors (Lipinski definition) is 5. The number of carbonyl (C=O) groups is 1. The molecule has 0 radical (unpaired) electrons. The number of carbonyl (C=O) groups excluding carboxylic acids is 1. The monoisotopic (exact) mass is 387 g/mol. The van der Waals surface area contributed by atoms with Crippen LogP contribution in [-0.2, 0) is 16.4 Å². The maximum atomic E-state index is 12.5. The number of hydrogen-bond donors (Lipinski definition) is 1. The van der Waals surface area contributed by atoms with E-state index in [0.717, 1.165) is 16.8 Å². The van der Waals surface area contributed by atoms with Gasteiger partial charge in [-0.2, -0.15) is 0 Å². The first-order valence-electron chi connectivity index (χ1n) is 9.15. The molecule has 7 heteroatoms. The second kappa shape index (κ2) is 8.08. The highest BCUT2D eigenvalue weighted by molar-refractivity contribution is 7.91. The molecule has 1 saturated heterocycles. The summed E-state index contributed by atoms with van der Waals surface area (Å²) in [7, 11) is -2.96. The van der Waals surface area contributed by atoms with E-state index in [4.69, 9.17) is 0 Å². The third-order valence-corrected chi connectivity index (χ3v) is 6.58. The number of nitrogens with zero attached hydrogens (tertiary/aromatic N) is 2. The first-order valence-corrected chi connectivity index (χ1v) is 11.0. The van der Waals surface area contributed by atoms with E-state index in [-0.39, 0.29) is 23.5 Å². The molecule has 2 heterocycles. The van der Waals surface area contributed by atoms with Crippen molar-refractivity contribution in [2.24, 2.45) is 0 Å². The van der Waals surface area contributed by atoms with E-state index < -0.39 is 9.84 Å². The van der Waals surface area contributed by atoms with Crippen molar-refractivity contribution < 1.29 is 13.2 Å². The van der Waals surface area contributed by atoms with Gasteiger partial charge in [0.05, 0.1) is 11.5 Å². The van der Waals surface area contributed by atoms with E-state index in [1.165, 1.54) is 0 Å². The van der Waals surface area contributed by atoms with Crippen molar-refractivity contribution in [3.05, 3.63) is 59.4 Å². The Morgan fingerprint density at radius 3 is 2.78 bits per heavy atom. The minimum absolute atomic E-state index is 0.0504. The Morgan fingerprint density at radius 1 is 1.30 bits per heavy atom. The van der Waals surface area contributed by atoms with Gasteiger partial charge >= 0.3 is 0 Å². The number of pyridine rings is 1. The van der Waals surface area contributed by atoms with Crippen LogP contribution in [0.5, 0.6) is 0 Å². The fourth-order valence-electron chi connectivity index (χ4n) is 3.49. The molecule has 6 nitrogen and oxygen atoms in total. The van der Waals surface area contributed by atoms with E-state index in [0.29, 0.717) is 25.2 Å². The molecule has 1 unspecified atom stereocenters. The van der Waals surface area contributed by atoms with Crippen molar-refractivity contribution in [1.82, 2.24) is 10.3 Å². The average molecular weight is 388 g/mol. The number of aromatic nitrogens is 1. The SMILES string of the molecule is CCN(c1ccnc(C(=O)NCc2cccc(C)c2)c1)C1CCS(=O)(=O)C1. The molecule has 1 aromatic heterocycles. The van der Waals surface area contributed by atoms with E-state index in [2.05, 4.69) is 10.3 Å².